The molecule has 0 unspecified atom stereocenters. The zero-order valence-electron chi connectivity index (χ0n) is 15.5. The molecule has 4 rings (SSSR count). The number of hydrogen-bond donors (Lipinski definition) is 1. The molecule has 0 bridgehead atoms. The van der Waals surface area contributed by atoms with Crippen molar-refractivity contribution in [3.63, 3.8) is 0 Å². The molecule has 0 aliphatic rings. The van der Waals surface area contributed by atoms with Gasteiger partial charge in [0, 0.05) is 11.8 Å². The number of nitrogens with one attached hydrogen (secondary N) is 1. The highest BCUT2D eigenvalue weighted by atomic mass is 32.2. The predicted molar refractivity (Wildman–Crippen MR) is 101 cm³/mol. The third-order valence-corrected chi connectivity index (χ3v) is 5.63. The number of pyridine rings is 1. The van der Waals surface area contributed by atoms with Crippen LogP contribution in [-0.2, 0) is 16.6 Å². The third kappa shape index (κ3) is 3.65. The summed E-state index contributed by atoms with van der Waals surface area (Å²) in [5, 5.41) is 12.0. The van der Waals surface area contributed by atoms with Crippen LogP contribution in [0.5, 0.6) is 0 Å². The SMILES string of the molecule is CC(=O)c1cccc(S(=O)(=O)NCc2nnc3c(-c4nc(C)no4)cccn23)c1. The van der Waals surface area contributed by atoms with Gasteiger partial charge >= 0.3 is 0 Å². The number of carbonyl (C=O) groups excluding carboxylic acids is 1. The average Bonchev–Trinajstić information content (AvgIpc) is 3.32. The van der Waals surface area contributed by atoms with Gasteiger partial charge in [0.1, 0.15) is 0 Å². The second-order valence-corrected chi connectivity index (χ2v) is 8.05. The maximum atomic E-state index is 12.6. The Labute approximate surface area is 165 Å². The quantitative estimate of drug-likeness (QED) is 0.474. The van der Waals surface area contributed by atoms with Gasteiger partial charge in [-0.1, -0.05) is 17.3 Å². The molecule has 0 saturated carbocycles. The maximum Gasteiger partial charge on any atom is 0.261 e. The van der Waals surface area contributed by atoms with Gasteiger partial charge in [0.2, 0.25) is 10.0 Å². The van der Waals surface area contributed by atoms with Gasteiger partial charge in [-0.2, -0.15) is 4.98 Å². The highest BCUT2D eigenvalue weighted by Gasteiger charge is 2.19. The van der Waals surface area contributed by atoms with Gasteiger partial charge in [-0.25, -0.2) is 13.1 Å². The number of carbonyl (C=O) groups is 1. The normalized spacial score (nSPS) is 11.8. The van der Waals surface area contributed by atoms with E-state index in [-0.39, 0.29) is 17.2 Å². The van der Waals surface area contributed by atoms with Crippen molar-refractivity contribution in [2.75, 3.05) is 0 Å². The molecular weight excluding hydrogens is 396 g/mol. The van der Waals surface area contributed by atoms with Gasteiger partial charge in [0.05, 0.1) is 17.0 Å². The van der Waals surface area contributed by atoms with Crippen LogP contribution < -0.4 is 4.72 Å². The van der Waals surface area contributed by atoms with Crippen molar-refractivity contribution in [1.82, 2.24) is 29.5 Å². The summed E-state index contributed by atoms with van der Waals surface area (Å²) in [5.74, 6) is 0.953. The molecular formula is C18H16N6O4S. The largest absolute Gasteiger partial charge is 0.334 e. The summed E-state index contributed by atoms with van der Waals surface area (Å²) in [4.78, 5) is 15.7. The van der Waals surface area contributed by atoms with E-state index in [0.29, 0.717) is 34.3 Å². The van der Waals surface area contributed by atoms with E-state index in [2.05, 4.69) is 25.1 Å². The van der Waals surface area contributed by atoms with E-state index in [1.165, 1.54) is 25.1 Å². The average molecular weight is 412 g/mol. The fourth-order valence-electron chi connectivity index (χ4n) is 2.78. The predicted octanol–water partition coefficient (Wildman–Crippen LogP) is 1.77. The van der Waals surface area contributed by atoms with Crippen LogP contribution >= 0.6 is 0 Å². The highest BCUT2D eigenvalue weighted by Crippen LogP contribution is 2.22. The Hall–Kier alpha value is -3.44. The van der Waals surface area contributed by atoms with Gasteiger partial charge in [-0.05, 0) is 38.1 Å². The van der Waals surface area contributed by atoms with E-state index in [1.807, 2.05) is 0 Å². The molecule has 0 fully saturated rings. The topological polar surface area (TPSA) is 132 Å². The van der Waals surface area contributed by atoms with Crippen molar-refractivity contribution in [2.24, 2.45) is 0 Å². The lowest BCUT2D eigenvalue weighted by atomic mass is 10.2. The Morgan fingerprint density at radius 3 is 2.76 bits per heavy atom. The second kappa shape index (κ2) is 7.18. The Morgan fingerprint density at radius 1 is 1.21 bits per heavy atom. The standard InChI is InChI=1S/C18H16N6O4S/c1-11(25)13-5-3-6-14(9-13)29(26,27)19-10-16-21-22-17-15(7-4-8-24(16)17)18-20-12(2)23-28-18/h3-9,19H,10H2,1-2H3. The number of aryl methyl sites for hydroxylation is 1. The number of hydrogen-bond acceptors (Lipinski definition) is 8. The first-order valence-electron chi connectivity index (χ1n) is 8.59. The van der Waals surface area contributed by atoms with Crippen LogP contribution in [0.2, 0.25) is 0 Å². The summed E-state index contributed by atoms with van der Waals surface area (Å²) in [5.41, 5.74) is 1.37. The number of benzene rings is 1. The maximum absolute atomic E-state index is 12.6. The molecule has 3 heterocycles. The van der Waals surface area contributed by atoms with Gasteiger partial charge in [0.25, 0.3) is 5.89 Å². The number of fused-ring (bicyclic) bond motifs is 1. The number of nitrogens with zero attached hydrogens (tertiary/aromatic N) is 5. The minimum absolute atomic E-state index is 0.000968. The zero-order chi connectivity index (χ0) is 20.6. The molecule has 0 spiro atoms. The molecule has 1 aromatic carbocycles. The molecule has 1 N–H and O–H groups in total. The van der Waals surface area contributed by atoms with Gasteiger partial charge < -0.3 is 4.52 Å². The molecule has 4 aromatic rings. The highest BCUT2D eigenvalue weighted by molar-refractivity contribution is 7.89. The zero-order valence-corrected chi connectivity index (χ0v) is 16.3. The van der Waals surface area contributed by atoms with Gasteiger partial charge in [0.15, 0.2) is 23.1 Å². The molecule has 0 saturated heterocycles. The van der Waals surface area contributed by atoms with Crippen LogP contribution in [0.25, 0.3) is 17.1 Å². The van der Waals surface area contributed by atoms with Crippen molar-refractivity contribution >= 4 is 21.5 Å². The second-order valence-electron chi connectivity index (χ2n) is 6.29. The number of aromatic nitrogens is 5. The molecule has 10 nitrogen and oxygen atoms in total. The molecule has 0 aliphatic heterocycles. The van der Waals surface area contributed by atoms with Crippen molar-refractivity contribution in [3.8, 4) is 11.5 Å². The Balaban J connectivity index is 1.62. The van der Waals surface area contributed by atoms with Crippen molar-refractivity contribution in [1.29, 1.82) is 0 Å². The minimum Gasteiger partial charge on any atom is -0.334 e. The van der Waals surface area contributed by atoms with E-state index in [9.17, 15) is 13.2 Å². The lowest BCUT2D eigenvalue weighted by molar-refractivity contribution is 0.101. The van der Waals surface area contributed by atoms with Gasteiger partial charge in [-0.3, -0.25) is 9.20 Å². The first-order chi connectivity index (χ1) is 13.8. The van der Waals surface area contributed by atoms with Crippen molar-refractivity contribution in [3.05, 3.63) is 59.8 Å². The van der Waals surface area contributed by atoms with E-state index in [0.717, 1.165) is 0 Å². The third-order valence-electron chi connectivity index (χ3n) is 4.23. The van der Waals surface area contributed by atoms with Crippen molar-refractivity contribution in [2.45, 2.75) is 25.3 Å². The molecule has 0 amide bonds. The van der Waals surface area contributed by atoms with E-state index < -0.39 is 10.0 Å². The molecule has 0 atom stereocenters. The molecule has 29 heavy (non-hydrogen) atoms. The Kier molecular flexibility index (Phi) is 4.68. The summed E-state index contributed by atoms with van der Waals surface area (Å²) in [7, 11) is -3.84. The molecule has 0 radical (unpaired) electrons. The van der Waals surface area contributed by atoms with Crippen LogP contribution in [0.4, 0.5) is 0 Å². The number of Topliss-reactive ketones (excluding diaryl/α,β-unsaturated/α-hetero) is 1. The van der Waals surface area contributed by atoms with Crippen LogP contribution in [-0.4, -0.2) is 38.9 Å². The van der Waals surface area contributed by atoms with Crippen LogP contribution in [0, 0.1) is 6.92 Å². The van der Waals surface area contributed by atoms with Crippen LogP contribution in [0.15, 0.2) is 52.0 Å². The lowest BCUT2D eigenvalue weighted by Crippen LogP contribution is -2.24. The van der Waals surface area contributed by atoms with E-state index >= 15 is 0 Å². The fraction of sp³-hybridized carbons (Fsp3) is 0.167. The molecule has 11 heteroatoms. The number of ketones is 1. The summed E-state index contributed by atoms with van der Waals surface area (Å²) in [6.07, 6.45) is 1.71. The number of rotatable bonds is 6. The summed E-state index contributed by atoms with van der Waals surface area (Å²) < 4.78 is 34.5. The van der Waals surface area contributed by atoms with E-state index in [1.54, 1.807) is 35.7 Å². The number of sulfonamides is 1. The molecule has 3 aromatic heterocycles. The molecule has 148 valence electrons. The monoisotopic (exact) mass is 412 g/mol. The van der Waals surface area contributed by atoms with Crippen LogP contribution in [0.1, 0.15) is 28.9 Å². The van der Waals surface area contributed by atoms with Crippen LogP contribution in [0.3, 0.4) is 0 Å². The molecule has 0 aliphatic carbocycles. The van der Waals surface area contributed by atoms with Gasteiger partial charge in [-0.15, -0.1) is 10.2 Å². The lowest BCUT2D eigenvalue weighted by Gasteiger charge is -2.07. The van der Waals surface area contributed by atoms with E-state index in [4.69, 9.17) is 4.52 Å². The minimum atomic E-state index is -3.84. The first-order valence-corrected chi connectivity index (χ1v) is 10.1. The summed E-state index contributed by atoms with van der Waals surface area (Å²) in [6, 6.07) is 9.36. The van der Waals surface area contributed by atoms with Crippen molar-refractivity contribution < 1.29 is 17.7 Å². The summed E-state index contributed by atoms with van der Waals surface area (Å²) in [6.45, 7) is 2.99. The fourth-order valence-corrected chi connectivity index (χ4v) is 3.81. The first kappa shape index (κ1) is 18.9. The Morgan fingerprint density at radius 2 is 2.03 bits per heavy atom. The smallest absolute Gasteiger partial charge is 0.261 e. The summed E-state index contributed by atoms with van der Waals surface area (Å²) >= 11 is 0. The Bertz CT molecular complexity index is 1330.